The molecule has 0 heterocycles. The van der Waals surface area contributed by atoms with Crippen LogP contribution in [0.3, 0.4) is 0 Å². The molecule has 0 saturated heterocycles. The fraction of sp³-hybridized carbons (Fsp3) is 0.0909. The van der Waals surface area contributed by atoms with Crippen LogP contribution in [0.2, 0.25) is 0 Å². The Balaban J connectivity index is 3.07. The summed E-state index contributed by atoms with van der Waals surface area (Å²) in [6.45, 7) is 1.69. The lowest BCUT2D eigenvalue weighted by Gasteiger charge is -2.07. The molecule has 0 bridgehead atoms. The zero-order valence-electron chi connectivity index (χ0n) is 9.06. The van der Waals surface area contributed by atoms with Gasteiger partial charge in [0.15, 0.2) is 0 Å². The number of nitrogens with two attached hydrogens (primary N) is 1. The second kappa shape index (κ2) is 5.29. The average molecular weight is 227 g/mol. The minimum absolute atomic E-state index is 0.297. The van der Waals surface area contributed by atoms with Gasteiger partial charge in [-0.15, -0.1) is 0 Å². The van der Waals surface area contributed by atoms with Crippen LogP contribution in [-0.4, -0.2) is 11.6 Å². The van der Waals surface area contributed by atoms with Crippen LogP contribution in [-0.2, 0) is 0 Å². The fourth-order valence-electron chi connectivity index (χ4n) is 1.21. The van der Waals surface area contributed by atoms with Gasteiger partial charge >= 0.3 is 0 Å². The van der Waals surface area contributed by atoms with E-state index in [1.807, 2.05) is 0 Å². The van der Waals surface area contributed by atoms with Gasteiger partial charge in [0.25, 0.3) is 0 Å². The summed E-state index contributed by atoms with van der Waals surface area (Å²) in [5, 5.41) is 20.6. The molecule has 0 aliphatic rings. The molecule has 0 radical (unpaired) electrons. The van der Waals surface area contributed by atoms with Crippen LogP contribution in [0, 0.1) is 29.6 Å². The Kier molecular flexibility index (Phi) is 3.80. The monoisotopic (exact) mass is 227 g/mol. The Hall–Kier alpha value is -2.86. The topological polar surface area (TPSA) is 115 Å². The standard InChI is InChI=1S/C11H9N5O/c1-7-9(11(14)17)3-2-4-10(7)16-15-8(5-12)6-13/h2-4,16H,1H3,(H2,14,17). The Labute approximate surface area is 98.0 Å². The molecule has 1 rings (SSSR count). The van der Waals surface area contributed by atoms with Crippen molar-refractivity contribution in [2.75, 3.05) is 5.43 Å². The SMILES string of the molecule is Cc1c(NN=C(C#N)C#N)cccc1C(N)=O. The van der Waals surface area contributed by atoms with Crippen molar-refractivity contribution in [2.24, 2.45) is 10.8 Å². The molecule has 84 valence electrons. The van der Waals surface area contributed by atoms with E-state index in [0.717, 1.165) is 0 Å². The maximum atomic E-state index is 11.1. The Morgan fingerprint density at radius 3 is 2.59 bits per heavy atom. The van der Waals surface area contributed by atoms with Gasteiger partial charge in [-0.3, -0.25) is 10.2 Å². The van der Waals surface area contributed by atoms with Gasteiger partial charge in [0.1, 0.15) is 12.1 Å². The highest BCUT2D eigenvalue weighted by Gasteiger charge is 2.07. The Morgan fingerprint density at radius 2 is 2.06 bits per heavy atom. The van der Waals surface area contributed by atoms with E-state index in [-0.39, 0.29) is 5.71 Å². The summed E-state index contributed by atoms with van der Waals surface area (Å²) in [6, 6.07) is 8.11. The van der Waals surface area contributed by atoms with E-state index in [1.165, 1.54) is 0 Å². The minimum atomic E-state index is -0.545. The Bertz CT molecular complexity index is 546. The zero-order valence-corrected chi connectivity index (χ0v) is 9.06. The highest BCUT2D eigenvalue weighted by atomic mass is 16.1. The van der Waals surface area contributed by atoms with E-state index in [1.54, 1.807) is 37.3 Å². The Morgan fingerprint density at radius 1 is 1.41 bits per heavy atom. The van der Waals surface area contributed by atoms with Gasteiger partial charge in [-0.05, 0) is 24.6 Å². The van der Waals surface area contributed by atoms with E-state index in [2.05, 4.69) is 10.5 Å². The summed E-state index contributed by atoms with van der Waals surface area (Å²) in [5.41, 5.74) is 8.92. The van der Waals surface area contributed by atoms with Crippen molar-refractivity contribution in [3.8, 4) is 12.1 Å². The van der Waals surface area contributed by atoms with E-state index in [9.17, 15) is 4.79 Å². The molecule has 0 atom stereocenters. The first kappa shape index (κ1) is 12.2. The van der Waals surface area contributed by atoms with Gasteiger partial charge in [-0.25, -0.2) is 0 Å². The van der Waals surface area contributed by atoms with Crippen LogP contribution in [0.1, 0.15) is 15.9 Å². The molecule has 1 aromatic carbocycles. The lowest BCUT2D eigenvalue weighted by atomic mass is 10.1. The van der Waals surface area contributed by atoms with Gasteiger partial charge in [-0.2, -0.15) is 15.6 Å². The number of amides is 1. The minimum Gasteiger partial charge on any atom is -0.366 e. The molecule has 6 heteroatoms. The number of hydrogen-bond acceptors (Lipinski definition) is 5. The molecule has 17 heavy (non-hydrogen) atoms. The average Bonchev–Trinajstić information content (AvgIpc) is 2.32. The number of carbonyl (C=O) groups excluding carboxylic acids is 1. The van der Waals surface area contributed by atoms with Crippen LogP contribution >= 0.6 is 0 Å². The van der Waals surface area contributed by atoms with Crippen molar-refractivity contribution in [1.29, 1.82) is 10.5 Å². The summed E-state index contributed by atoms with van der Waals surface area (Å²) in [6.07, 6.45) is 0. The van der Waals surface area contributed by atoms with Crippen molar-refractivity contribution in [3.63, 3.8) is 0 Å². The van der Waals surface area contributed by atoms with Crippen molar-refractivity contribution >= 4 is 17.3 Å². The summed E-state index contributed by atoms with van der Waals surface area (Å²) in [4.78, 5) is 11.1. The molecule has 0 aromatic heterocycles. The normalized spacial score (nSPS) is 8.65. The molecule has 0 saturated carbocycles. The molecule has 0 unspecified atom stereocenters. The lowest BCUT2D eigenvalue weighted by Crippen LogP contribution is -2.13. The van der Waals surface area contributed by atoms with Gasteiger partial charge in [0, 0.05) is 5.56 Å². The number of nitriles is 2. The highest BCUT2D eigenvalue weighted by Crippen LogP contribution is 2.18. The summed E-state index contributed by atoms with van der Waals surface area (Å²) >= 11 is 0. The quantitative estimate of drug-likeness (QED) is 0.589. The predicted molar refractivity (Wildman–Crippen MR) is 62.0 cm³/mol. The third kappa shape index (κ3) is 2.80. The molecule has 1 amide bonds. The molecule has 0 aliphatic heterocycles. The first-order chi connectivity index (χ1) is 8.10. The molecular weight excluding hydrogens is 218 g/mol. The van der Waals surface area contributed by atoms with Crippen molar-refractivity contribution < 1.29 is 4.79 Å². The number of hydrazone groups is 1. The maximum Gasteiger partial charge on any atom is 0.249 e. The number of anilines is 1. The predicted octanol–water partition coefficient (Wildman–Crippen LogP) is 0.909. The number of primary amides is 1. The van der Waals surface area contributed by atoms with E-state index in [0.29, 0.717) is 16.8 Å². The van der Waals surface area contributed by atoms with Gasteiger partial charge in [-0.1, -0.05) is 6.07 Å². The molecule has 3 N–H and O–H groups in total. The number of benzene rings is 1. The van der Waals surface area contributed by atoms with E-state index in [4.69, 9.17) is 16.3 Å². The summed E-state index contributed by atoms with van der Waals surface area (Å²) in [5.74, 6) is -0.545. The number of nitrogens with one attached hydrogen (secondary N) is 1. The zero-order chi connectivity index (χ0) is 12.8. The second-order valence-corrected chi connectivity index (χ2v) is 3.14. The molecule has 0 fully saturated rings. The first-order valence-corrected chi connectivity index (χ1v) is 4.63. The third-order valence-corrected chi connectivity index (χ3v) is 2.10. The number of nitrogens with zero attached hydrogens (tertiary/aromatic N) is 3. The number of hydrogen-bond donors (Lipinski definition) is 2. The number of carbonyl (C=O) groups is 1. The van der Waals surface area contributed by atoms with Crippen LogP contribution < -0.4 is 11.2 Å². The van der Waals surface area contributed by atoms with Crippen molar-refractivity contribution in [2.45, 2.75) is 6.92 Å². The maximum absolute atomic E-state index is 11.1. The largest absolute Gasteiger partial charge is 0.366 e. The van der Waals surface area contributed by atoms with Crippen molar-refractivity contribution in [3.05, 3.63) is 29.3 Å². The molecular formula is C11H9N5O. The highest BCUT2D eigenvalue weighted by molar-refractivity contribution is 6.10. The van der Waals surface area contributed by atoms with Crippen LogP contribution in [0.25, 0.3) is 0 Å². The smallest absolute Gasteiger partial charge is 0.249 e. The second-order valence-electron chi connectivity index (χ2n) is 3.14. The van der Waals surface area contributed by atoms with Crippen LogP contribution in [0.5, 0.6) is 0 Å². The van der Waals surface area contributed by atoms with Crippen LogP contribution in [0.15, 0.2) is 23.3 Å². The van der Waals surface area contributed by atoms with Gasteiger partial charge in [0.05, 0.1) is 5.69 Å². The molecule has 0 aliphatic carbocycles. The molecule has 0 spiro atoms. The lowest BCUT2D eigenvalue weighted by molar-refractivity contribution is 0.1000. The molecule has 1 aromatic rings. The first-order valence-electron chi connectivity index (χ1n) is 4.63. The van der Waals surface area contributed by atoms with Gasteiger partial charge in [0.2, 0.25) is 11.6 Å². The molecule has 6 nitrogen and oxygen atoms in total. The van der Waals surface area contributed by atoms with Crippen LogP contribution in [0.4, 0.5) is 5.69 Å². The fourth-order valence-corrected chi connectivity index (χ4v) is 1.21. The summed E-state index contributed by atoms with van der Waals surface area (Å²) < 4.78 is 0. The third-order valence-electron chi connectivity index (χ3n) is 2.10. The van der Waals surface area contributed by atoms with Crippen molar-refractivity contribution in [1.82, 2.24) is 0 Å². The van der Waals surface area contributed by atoms with Gasteiger partial charge < -0.3 is 5.73 Å². The van der Waals surface area contributed by atoms with E-state index < -0.39 is 5.91 Å². The van der Waals surface area contributed by atoms with E-state index >= 15 is 0 Å². The number of rotatable bonds is 3. The summed E-state index contributed by atoms with van der Waals surface area (Å²) in [7, 11) is 0.